The van der Waals surface area contributed by atoms with Crippen LogP contribution in [-0.2, 0) is 9.47 Å². The summed E-state index contributed by atoms with van der Waals surface area (Å²) in [6.45, 7) is 9.86. The Morgan fingerprint density at radius 3 is 1.90 bits per heavy atom. The van der Waals surface area contributed by atoms with Gasteiger partial charge in [-0.25, -0.2) is 0 Å². The molecule has 0 N–H and O–H groups in total. The Balaban J connectivity index is 4.22. The van der Waals surface area contributed by atoms with Gasteiger partial charge in [-0.2, -0.15) is 12.6 Å². The molecule has 3 heteroatoms. The lowest BCUT2D eigenvalue weighted by molar-refractivity contribution is -0.253. The van der Waals surface area contributed by atoms with Crippen LogP contribution >= 0.6 is 12.6 Å². The van der Waals surface area contributed by atoms with Crippen molar-refractivity contribution < 1.29 is 9.47 Å². The van der Waals surface area contributed by atoms with Crippen LogP contribution in [0.1, 0.15) is 79.1 Å². The summed E-state index contributed by atoms with van der Waals surface area (Å²) in [5, 5.41) is 0. The molecule has 0 aliphatic rings. The summed E-state index contributed by atoms with van der Waals surface area (Å²) in [4.78, 5) is 0. The Morgan fingerprint density at radius 2 is 1.40 bits per heavy atom. The third-order valence-corrected chi connectivity index (χ3v) is 4.25. The lowest BCUT2D eigenvalue weighted by Gasteiger charge is -2.37. The number of hydrogen-bond donors (Lipinski definition) is 1. The Bertz CT molecular complexity index is 203. The first-order chi connectivity index (χ1) is 9.64. The minimum absolute atomic E-state index is 0.435. The fraction of sp³-hybridized carbons (Fsp3) is 1.00. The van der Waals surface area contributed by atoms with Gasteiger partial charge in [0.1, 0.15) is 0 Å². The van der Waals surface area contributed by atoms with E-state index in [1.54, 1.807) is 0 Å². The van der Waals surface area contributed by atoms with Crippen molar-refractivity contribution >= 4 is 12.6 Å². The molecule has 0 aromatic rings. The molecule has 0 saturated carbocycles. The van der Waals surface area contributed by atoms with Crippen molar-refractivity contribution in [2.75, 3.05) is 19.0 Å². The van der Waals surface area contributed by atoms with Gasteiger partial charge in [0.2, 0.25) is 0 Å². The van der Waals surface area contributed by atoms with Crippen molar-refractivity contribution in [3.8, 4) is 0 Å². The highest BCUT2D eigenvalue weighted by molar-refractivity contribution is 7.80. The molecule has 0 saturated heterocycles. The summed E-state index contributed by atoms with van der Waals surface area (Å²) >= 11 is 4.41. The van der Waals surface area contributed by atoms with Crippen LogP contribution in [0, 0.1) is 5.92 Å². The Kier molecular flexibility index (Phi) is 13.1. The molecule has 1 atom stereocenters. The smallest absolute Gasteiger partial charge is 0.168 e. The van der Waals surface area contributed by atoms with E-state index in [9.17, 15) is 0 Å². The van der Waals surface area contributed by atoms with Crippen LogP contribution in [-0.4, -0.2) is 24.8 Å². The number of unbranched alkanes of at least 4 members (excludes halogenated alkanes) is 5. The van der Waals surface area contributed by atoms with Crippen LogP contribution in [0.25, 0.3) is 0 Å². The largest absolute Gasteiger partial charge is 0.350 e. The molecule has 122 valence electrons. The van der Waals surface area contributed by atoms with Gasteiger partial charge in [0.15, 0.2) is 5.79 Å². The highest BCUT2D eigenvalue weighted by Gasteiger charge is 2.34. The molecular weight excluding hydrogens is 268 g/mol. The van der Waals surface area contributed by atoms with Crippen molar-refractivity contribution in [1.82, 2.24) is 0 Å². The average molecular weight is 305 g/mol. The molecule has 0 aliphatic carbocycles. The SMILES string of the molecule is CCCCCCCCC(CCS)C(C)(OCC)OCC. The predicted octanol–water partition coefficient (Wildman–Crippen LogP) is 5.46. The molecule has 0 rings (SSSR count). The summed E-state index contributed by atoms with van der Waals surface area (Å²) in [6.07, 6.45) is 10.3. The van der Waals surface area contributed by atoms with Gasteiger partial charge in [-0.1, -0.05) is 45.4 Å². The Labute approximate surface area is 132 Å². The molecule has 2 nitrogen and oxygen atoms in total. The molecule has 0 bridgehead atoms. The lowest BCUT2D eigenvalue weighted by atomic mass is 9.90. The molecule has 0 fully saturated rings. The zero-order chi connectivity index (χ0) is 15.3. The van der Waals surface area contributed by atoms with E-state index in [0.717, 1.165) is 12.2 Å². The van der Waals surface area contributed by atoms with Crippen molar-refractivity contribution in [1.29, 1.82) is 0 Å². The number of rotatable bonds is 14. The summed E-state index contributed by atoms with van der Waals surface area (Å²) in [6, 6.07) is 0. The number of thiol groups is 1. The maximum absolute atomic E-state index is 5.92. The first kappa shape index (κ1) is 20.3. The van der Waals surface area contributed by atoms with Gasteiger partial charge < -0.3 is 9.47 Å². The summed E-state index contributed by atoms with van der Waals surface area (Å²) in [7, 11) is 0. The zero-order valence-corrected chi connectivity index (χ0v) is 15.0. The molecule has 1 unspecified atom stereocenters. The van der Waals surface area contributed by atoms with E-state index < -0.39 is 5.79 Å². The van der Waals surface area contributed by atoms with Crippen molar-refractivity contribution in [3.63, 3.8) is 0 Å². The fourth-order valence-corrected chi connectivity index (χ4v) is 3.16. The molecule has 0 aromatic heterocycles. The van der Waals surface area contributed by atoms with E-state index >= 15 is 0 Å². The predicted molar refractivity (Wildman–Crippen MR) is 91.6 cm³/mol. The van der Waals surface area contributed by atoms with Gasteiger partial charge in [0.05, 0.1) is 0 Å². The second-order valence-electron chi connectivity index (χ2n) is 5.65. The maximum atomic E-state index is 5.92. The molecule has 0 aliphatic heterocycles. The van der Waals surface area contributed by atoms with E-state index in [2.05, 4.69) is 26.5 Å². The van der Waals surface area contributed by atoms with Crippen LogP contribution in [0.15, 0.2) is 0 Å². The van der Waals surface area contributed by atoms with Crippen LogP contribution in [0.4, 0.5) is 0 Å². The lowest BCUT2D eigenvalue weighted by Crippen LogP contribution is -2.41. The first-order valence-electron chi connectivity index (χ1n) is 8.53. The Hall–Kier alpha value is 0.270. The molecule has 20 heavy (non-hydrogen) atoms. The summed E-state index contributed by atoms with van der Waals surface area (Å²) in [5.74, 6) is 0.914. The van der Waals surface area contributed by atoms with Crippen molar-refractivity contribution in [3.05, 3.63) is 0 Å². The second-order valence-corrected chi connectivity index (χ2v) is 6.09. The standard InChI is InChI=1S/C17H36O2S/c1-5-8-9-10-11-12-13-16(14-15-20)17(4,18-6-2)19-7-3/h16,20H,5-15H2,1-4H3. The topological polar surface area (TPSA) is 18.5 Å². The van der Waals surface area contributed by atoms with E-state index in [1.165, 1.54) is 44.9 Å². The first-order valence-corrected chi connectivity index (χ1v) is 9.16. The van der Waals surface area contributed by atoms with Gasteiger partial charge in [-0.05, 0) is 39.4 Å². The highest BCUT2D eigenvalue weighted by Crippen LogP contribution is 2.31. The number of ether oxygens (including phenoxy) is 2. The fourth-order valence-electron chi connectivity index (χ4n) is 2.85. The van der Waals surface area contributed by atoms with Gasteiger partial charge in [0.25, 0.3) is 0 Å². The maximum Gasteiger partial charge on any atom is 0.168 e. The van der Waals surface area contributed by atoms with E-state index in [-0.39, 0.29) is 0 Å². The molecule has 0 amide bonds. The third-order valence-electron chi connectivity index (χ3n) is 3.99. The third kappa shape index (κ3) is 8.53. The van der Waals surface area contributed by atoms with Gasteiger partial charge >= 0.3 is 0 Å². The van der Waals surface area contributed by atoms with E-state index in [4.69, 9.17) is 9.47 Å². The second kappa shape index (κ2) is 13.0. The molecular formula is C17H36O2S. The van der Waals surface area contributed by atoms with Crippen molar-refractivity contribution in [2.24, 2.45) is 5.92 Å². The average Bonchev–Trinajstić information content (AvgIpc) is 2.42. The van der Waals surface area contributed by atoms with E-state index in [0.29, 0.717) is 19.1 Å². The Morgan fingerprint density at radius 1 is 0.850 bits per heavy atom. The minimum atomic E-state index is -0.435. The van der Waals surface area contributed by atoms with E-state index in [1.807, 2.05) is 13.8 Å². The van der Waals surface area contributed by atoms with Crippen LogP contribution < -0.4 is 0 Å². The molecule has 0 radical (unpaired) electrons. The van der Waals surface area contributed by atoms with Crippen LogP contribution in [0.5, 0.6) is 0 Å². The summed E-state index contributed by atoms with van der Waals surface area (Å²) < 4.78 is 11.8. The molecule has 0 aromatic carbocycles. The summed E-state index contributed by atoms with van der Waals surface area (Å²) in [5.41, 5.74) is 0. The van der Waals surface area contributed by atoms with Crippen LogP contribution in [0.3, 0.4) is 0 Å². The molecule has 0 heterocycles. The quantitative estimate of drug-likeness (QED) is 0.261. The van der Waals surface area contributed by atoms with Gasteiger partial charge in [-0.3, -0.25) is 0 Å². The monoisotopic (exact) mass is 304 g/mol. The highest BCUT2D eigenvalue weighted by atomic mass is 32.1. The van der Waals surface area contributed by atoms with Crippen molar-refractivity contribution in [2.45, 2.75) is 84.8 Å². The molecule has 0 spiro atoms. The zero-order valence-electron chi connectivity index (χ0n) is 14.1. The minimum Gasteiger partial charge on any atom is -0.350 e. The normalized spacial score (nSPS) is 13.7. The van der Waals surface area contributed by atoms with Crippen LogP contribution in [0.2, 0.25) is 0 Å². The number of hydrogen-bond acceptors (Lipinski definition) is 3. The van der Waals surface area contributed by atoms with Gasteiger partial charge in [-0.15, -0.1) is 0 Å². The van der Waals surface area contributed by atoms with Gasteiger partial charge in [0, 0.05) is 19.1 Å².